The minimum atomic E-state index is 0.113. The van der Waals surface area contributed by atoms with Gasteiger partial charge in [0.1, 0.15) is 0 Å². The van der Waals surface area contributed by atoms with Crippen molar-refractivity contribution in [3.63, 3.8) is 0 Å². The first-order valence-corrected chi connectivity index (χ1v) is 9.02. The minimum absolute atomic E-state index is 0.113. The molecule has 0 radical (unpaired) electrons. The lowest BCUT2D eigenvalue weighted by atomic mass is 10.1. The van der Waals surface area contributed by atoms with Crippen LogP contribution in [-0.4, -0.2) is 53.9 Å². The summed E-state index contributed by atoms with van der Waals surface area (Å²) in [4.78, 5) is 14.4. The van der Waals surface area contributed by atoms with Gasteiger partial charge in [-0.3, -0.25) is 9.69 Å². The van der Waals surface area contributed by atoms with E-state index >= 15 is 0 Å². The number of carbonyl (C=O) groups is 1. The van der Waals surface area contributed by atoms with Crippen LogP contribution in [-0.2, 0) is 9.53 Å². The van der Waals surface area contributed by atoms with Crippen molar-refractivity contribution in [3.05, 3.63) is 11.8 Å². The van der Waals surface area contributed by atoms with E-state index in [1.54, 1.807) is 7.11 Å². The Balaban J connectivity index is 1.46. The van der Waals surface area contributed by atoms with E-state index in [0.717, 1.165) is 45.3 Å². The number of aromatic nitrogens is 2. The minimum Gasteiger partial charge on any atom is -0.424 e. The van der Waals surface area contributed by atoms with Crippen molar-refractivity contribution in [2.24, 2.45) is 5.92 Å². The maximum atomic E-state index is 12.1. The number of hydrogen-bond donors (Lipinski definition) is 1. The standard InChI is InChI=1S/C17H28N4O3/c1-12-19-20-17(24-12)15-10-14(23-2)11-21(15)9-5-8-18-16(22)13-6-3-4-7-13/h13-15H,3-11H2,1-2H3,(H,18,22)/t14-,15-/m1/s1. The summed E-state index contributed by atoms with van der Waals surface area (Å²) in [7, 11) is 1.74. The lowest BCUT2D eigenvalue weighted by Crippen LogP contribution is -2.33. The van der Waals surface area contributed by atoms with Gasteiger partial charge in [0.15, 0.2) is 0 Å². The van der Waals surface area contributed by atoms with E-state index in [9.17, 15) is 4.79 Å². The van der Waals surface area contributed by atoms with Crippen molar-refractivity contribution in [1.82, 2.24) is 20.4 Å². The number of methoxy groups -OCH3 is 1. The molecule has 2 aliphatic rings. The van der Waals surface area contributed by atoms with Crippen molar-refractivity contribution in [1.29, 1.82) is 0 Å². The van der Waals surface area contributed by atoms with Gasteiger partial charge < -0.3 is 14.5 Å². The third-order valence-electron chi connectivity index (χ3n) is 5.17. The molecule has 24 heavy (non-hydrogen) atoms. The molecule has 1 aromatic heterocycles. The lowest BCUT2D eigenvalue weighted by Gasteiger charge is -2.21. The van der Waals surface area contributed by atoms with Crippen LogP contribution >= 0.6 is 0 Å². The molecule has 2 atom stereocenters. The summed E-state index contributed by atoms with van der Waals surface area (Å²) in [5, 5.41) is 11.2. The number of nitrogens with one attached hydrogen (secondary N) is 1. The molecular formula is C17H28N4O3. The van der Waals surface area contributed by atoms with Crippen LogP contribution in [0.4, 0.5) is 0 Å². The monoisotopic (exact) mass is 336 g/mol. The van der Waals surface area contributed by atoms with Gasteiger partial charge in [-0.15, -0.1) is 10.2 Å². The average Bonchev–Trinajstić information content (AvgIpc) is 3.31. The van der Waals surface area contributed by atoms with E-state index < -0.39 is 0 Å². The molecule has 0 spiro atoms. The number of likely N-dealkylation sites (tertiary alicyclic amines) is 1. The molecule has 134 valence electrons. The SMILES string of the molecule is CO[C@@H]1C[C@H](c2nnc(C)o2)N(CCCNC(=O)C2CCCC2)C1. The molecule has 1 aliphatic heterocycles. The van der Waals surface area contributed by atoms with Crippen LogP contribution in [0.1, 0.15) is 56.3 Å². The Kier molecular flexibility index (Phi) is 5.84. The molecule has 2 fully saturated rings. The zero-order chi connectivity index (χ0) is 16.9. The summed E-state index contributed by atoms with van der Waals surface area (Å²) >= 11 is 0. The van der Waals surface area contributed by atoms with Crippen molar-refractivity contribution in [3.8, 4) is 0 Å². The van der Waals surface area contributed by atoms with E-state index in [0.29, 0.717) is 11.8 Å². The highest BCUT2D eigenvalue weighted by Crippen LogP contribution is 2.32. The van der Waals surface area contributed by atoms with Gasteiger partial charge in [-0.25, -0.2) is 0 Å². The number of aryl methyl sites for hydroxylation is 1. The molecule has 2 heterocycles. The van der Waals surface area contributed by atoms with Gasteiger partial charge in [-0.1, -0.05) is 12.8 Å². The number of carbonyl (C=O) groups excluding carboxylic acids is 1. The summed E-state index contributed by atoms with van der Waals surface area (Å²) < 4.78 is 11.1. The molecule has 7 nitrogen and oxygen atoms in total. The molecule has 0 aromatic carbocycles. The van der Waals surface area contributed by atoms with Gasteiger partial charge in [0.05, 0.1) is 12.1 Å². The highest BCUT2D eigenvalue weighted by atomic mass is 16.5. The maximum absolute atomic E-state index is 12.1. The lowest BCUT2D eigenvalue weighted by molar-refractivity contribution is -0.124. The van der Waals surface area contributed by atoms with Gasteiger partial charge in [0.2, 0.25) is 17.7 Å². The predicted octanol–water partition coefficient (Wildman–Crippen LogP) is 1.84. The second-order valence-electron chi connectivity index (χ2n) is 6.89. The Labute approximate surface area is 143 Å². The number of amides is 1. The average molecular weight is 336 g/mol. The fraction of sp³-hybridized carbons (Fsp3) is 0.824. The molecule has 1 N–H and O–H groups in total. The number of nitrogens with zero attached hydrogens (tertiary/aromatic N) is 3. The molecule has 1 amide bonds. The van der Waals surface area contributed by atoms with Crippen LogP contribution < -0.4 is 5.32 Å². The fourth-order valence-corrected chi connectivity index (χ4v) is 3.81. The summed E-state index contributed by atoms with van der Waals surface area (Å²) in [6.07, 6.45) is 6.45. The summed E-state index contributed by atoms with van der Waals surface area (Å²) in [5.41, 5.74) is 0. The van der Waals surface area contributed by atoms with E-state index in [1.807, 2.05) is 6.92 Å². The van der Waals surface area contributed by atoms with Crippen LogP contribution in [0, 0.1) is 12.8 Å². The van der Waals surface area contributed by atoms with E-state index in [4.69, 9.17) is 9.15 Å². The topological polar surface area (TPSA) is 80.5 Å². The molecule has 7 heteroatoms. The van der Waals surface area contributed by atoms with Gasteiger partial charge in [0.25, 0.3) is 0 Å². The molecule has 1 saturated heterocycles. The van der Waals surface area contributed by atoms with Gasteiger partial charge in [0, 0.05) is 39.6 Å². The van der Waals surface area contributed by atoms with Crippen LogP contribution in [0.2, 0.25) is 0 Å². The third kappa shape index (κ3) is 4.13. The Hall–Kier alpha value is -1.47. The quantitative estimate of drug-likeness (QED) is 0.765. The third-order valence-corrected chi connectivity index (χ3v) is 5.17. The predicted molar refractivity (Wildman–Crippen MR) is 88.3 cm³/mol. The van der Waals surface area contributed by atoms with Crippen molar-refractivity contribution < 1.29 is 13.9 Å². The zero-order valence-electron chi connectivity index (χ0n) is 14.7. The van der Waals surface area contributed by atoms with E-state index in [2.05, 4.69) is 20.4 Å². The number of rotatable bonds is 7. The highest BCUT2D eigenvalue weighted by Gasteiger charge is 2.36. The molecule has 1 aromatic rings. The maximum Gasteiger partial charge on any atom is 0.233 e. The van der Waals surface area contributed by atoms with Crippen LogP contribution in [0.3, 0.4) is 0 Å². The second-order valence-corrected chi connectivity index (χ2v) is 6.89. The molecular weight excluding hydrogens is 308 g/mol. The Morgan fingerprint density at radius 1 is 1.38 bits per heavy atom. The largest absolute Gasteiger partial charge is 0.424 e. The summed E-state index contributed by atoms with van der Waals surface area (Å²) in [5.74, 6) is 1.73. The fourth-order valence-electron chi connectivity index (χ4n) is 3.81. The van der Waals surface area contributed by atoms with Gasteiger partial charge >= 0.3 is 0 Å². The van der Waals surface area contributed by atoms with E-state index in [1.165, 1.54) is 12.8 Å². The van der Waals surface area contributed by atoms with Gasteiger partial charge in [-0.05, 0) is 25.7 Å². The normalized spacial score (nSPS) is 25.4. The first-order valence-electron chi connectivity index (χ1n) is 9.02. The van der Waals surface area contributed by atoms with E-state index in [-0.39, 0.29) is 24.0 Å². The molecule has 3 rings (SSSR count). The van der Waals surface area contributed by atoms with Crippen LogP contribution in [0.25, 0.3) is 0 Å². The van der Waals surface area contributed by atoms with Crippen molar-refractivity contribution in [2.45, 2.75) is 57.6 Å². The first kappa shape index (κ1) is 17.4. The zero-order valence-corrected chi connectivity index (χ0v) is 14.7. The summed E-state index contributed by atoms with van der Waals surface area (Å²) in [6, 6.07) is 0.113. The van der Waals surface area contributed by atoms with Crippen molar-refractivity contribution in [2.75, 3.05) is 26.7 Å². The van der Waals surface area contributed by atoms with Gasteiger partial charge in [-0.2, -0.15) is 0 Å². The molecule has 0 unspecified atom stereocenters. The molecule has 1 aliphatic carbocycles. The Morgan fingerprint density at radius 3 is 2.83 bits per heavy atom. The van der Waals surface area contributed by atoms with Crippen LogP contribution in [0.5, 0.6) is 0 Å². The molecule has 0 bridgehead atoms. The number of ether oxygens (including phenoxy) is 1. The molecule has 1 saturated carbocycles. The first-order chi connectivity index (χ1) is 11.7. The summed E-state index contributed by atoms with van der Waals surface area (Å²) in [6.45, 7) is 4.28. The Morgan fingerprint density at radius 2 is 2.17 bits per heavy atom. The smallest absolute Gasteiger partial charge is 0.233 e. The van der Waals surface area contributed by atoms with Crippen LogP contribution in [0.15, 0.2) is 4.42 Å². The second kappa shape index (κ2) is 8.07. The van der Waals surface area contributed by atoms with Crippen molar-refractivity contribution >= 4 is 5.91 Å². The Bertz CT molecular complexity index is 542. The number of hydrogen-bond acceptors (Lipinski definition) is 6. The highest BCUT2D eigenvalue weighted by molar-refractivity contribution is 5.78.